The lowest BCUT2D eigenvalue weighted by Gasteiger charge is -2.32. The first kappa shape index (κ1) is 12.8. The second-order valence-corrected chi connectivity index (χ2v) is 6.67. The Balaban J connectivity index is 2.25. The van der Waals surface area contributed by atoms with E-state index in [1.54, 1.807) is 0 Å². The van der Waals surface area contributed by atoms with Crippen LogP contribution in [-0.4, -0.2) is 22.3 Å². The molecule has 0 aromatic rings. The maximum absolute atomic E-state index is 11.2. The van der Waals surface area contributed by atoms with Crippen molar-refractivity contribution < 1.29 is 8.95 Å². The Morgan fingerprint density at radius 3 is 2.53 bits per heavy atom. The van der Waals surface area contributed by atoms with Gasteiger partial charge in [0.15, 0.2) is 0 Å². The van der Waals surface area contributed by atoms with Crippen molar-refractivity contribution in [2.75, 3.05) is 18.1 Å². The van der Waals surface area contributed by atoms with Crippen molar-refractivity contribution in [3.8, 4) is 0 Å². The van der Waals surface area contributed by atoms with Gasteiger partial charge in [0.05, 0.1) is 12.9 Å². The molecule has 0 spiro atoms. The zero-order chi connectivity index (χ0) is 11.3. The second kappa shape index (κ2) is 5.69. The predicted octanol–water partition coefficient (Wildman–Crippen LogP) is 2.87. The highest BCUT2D eigenvalue weighted by molar-refractivity contribution is 7.85. The standard InChI is InChI=1S/C12H22O2S/c1-11(2)10-14-7-4-12(3)5-8-15(13)9-6-12/h10H,4-9H2,1-3H3. The average Bonchev–Trinajstić information content (AvgIpc) is 2.18. The van der Waals surface area contributed by atoms with Crippen molar-refractivity contribution >= 4 is 10.8 Å². The van der Waals surface area contributed by atoms with E-state index in [0.717, 1.165) is 37.4 Å². The highest BCUT2D eigenvalue weighted by Gasteiger charge is 2.29. The molecule has 0 aliphatic carbocycles. The van der Waals surface area contributed by atoms with Gasteiger partial charge in [-0.15, -0.1) is 0 Å². The summed E-state index contributed by atoms with van der Waals surface area (Å²) in [7, 11) is -0.554. The highest BCUT2D eigenvalue weighted by atomic mass is 32.2. The van der Waals surface area contributed by atoms with Gasteiger partial charge in [-0.2, -0.15) is 0 Å². The summed E-state index contributed by atoms with van der Waals surface area (Å²) in [5, 5.41) is 0. The van der Waals surface area contributed by atoms with Crippen LogP contribution in [0.15, 0.2) is 11.8 Å². The van der Waals surface area contributed by atoms with Gasteiger partial charge in [0.2, 0.25) is 0 Å². The largest absolute Gasteiger partial charge is 0.501 e. The monoisotopic (exact) mass is 230 g/mol. The number of ether oxygens (including phenoxy) is 1. The topological polar surface area (TPSA) is 26.3 Å². The number of hydrogen-bond donors (Lipinski definition) is 0. The summed E-state index contributed by atoms with van der Waals surface area (Å²) in [4.78, 5) is 0. The molecule has 0 aromatic carbocycles. The summed E-state index contributed by atoms with van der Waals surface area (Å²) in [6.45, 7) is 7.14. The maximum Gasteiger partial charge on any atom is 0.0878 e. The van der Waals surface area contributed by atoms with E-state index in [2.05, 4.69) is 6.92 Å². The van der Waals surface area contributed by atoms with Crippen molar-refractivity contribution in [1.82, 2.24) is 0 Å². The third-order valence-electron chi connectivity index (χ3n) is 3.01. The summed E-state index contributed by atoms with van der Waals surface area (Å²) < 4.78 is 16.7. The molecular weight excluding hydrogens is 208 g/mol. The van der Waals surface area contributed by atoms with Gasteiger partial charge in [0, 0.05) is 22.3 Å². The lowest BCUT2D eigenvalue weighted by Crippen LogP contribution is -2.29. The zero-order valence-corrected chi connectivity index (χ0v) is 10.9. The Hall–Kier alpha value is -0.310. The lowest BCUT2D eigenvalue weighted by molar-refractivity contribution is 0.165. The molecule has 15 heavy (non-hydrogen) atoms. The van der Waals surface area contributed by atoms with E-state index in [-0.39, 0.29) is 0 Å². The molecule has 1 aliphatic heterocycles. The van der Waals surface area contributed by atoms with Crippen LogP contribution in [-0.2, 0) is 15.5 Å². The minimum Gasteiger partial charge on any atom is -0.501 e. The molecule has 2 nitrogen and oxygen atoms in total. The molecule has 0 amide bonds. The molecule has 0 bridgehead atoms. The van der Waals surface area contributed by atoms with E-state index in [9.17, 15) is 4.21 Å². The van der Waals surface area contributed by atoms with Crippen LogP contribution in [0, 0.1) is 5.41 Å². The first-order valence-electron chi connectivity index (χ1n) is 5.62. The van der Waals surface area contributed by atoms with Crippen LogP contribution in [0.5, 0.6) is 0 Å². The first-order valence-corrected chi connectivity index (χ1v) is 7.11. The Bertz CT molecular complexity index is 244. The average molecular weight is 230 g/mol. The van der Waals surface area contributed by atoms with Gasteiger partial charge in [0.1, 0.15) is 0 Å². The van der Waals surface area contributed by atoms with Crippen molar-refractivity contribution in [1.29, 1.82) is 0 Å². The summed E-state index contributed by atoms with van der Waals surface area (Å²) in [5.41, 5.74) is 1.55. The van der Waals surface area contributed by atoms with E-state index in [1.807, 2.05) is 20.1 Å². The summed E-state index contributed by atoms with van der Waals surface area (Å²) in [6.07, 6.45) is 5.06. The van der Waals surface area contributed by atoms with Gasteiger partial charge in [0.25, 0.3) is 0 Å². The van der Waals surface area contributed by atoms with Crippen LogP contribution in [0.3, 0.4) is 0 Å². The van der Waals surface area contributed by atoms with Crippen molar-refractivity contribution in [2.45, 2.75) is 40.0 Å². The zero-order valence-electron chi connectivity index (χ0n) is 10.0. The third kappa shape index (κ3) is 4.83. The summed E-state index contributed by atoms with van der Waals surface area (Å²) >= 11 is 0. The molecule has 1 rings (SSSR count). The molecular formula is C12H22O2S. The van der Waals surface area contributed by atoms with Crippen LogP contribution in [0.1, 0.15) is 40.0 Å². The minimum atomic E-state index is -0.554. The molecule has 1 heterocycles. The van der Waals surface area contributed by atoms with E-state index in [1.165, 1.54) is 5.57 Å². The Labute approximate surface area is 95.5 Å². The predicted molar refractivity (Wildman–Crippen MR) is 65.2 cm³/mol. The Morgan fingerprint density at radius 2 is 2.00 bits per heavy atom. The van der Waals surface area contributed by atoms with Crippen molar-refractivity contribution in [2.24, 2.45) is 5.41 Å². The van der Waals surface area contributed by atoms with Crippen LogP contribution >= 0.6 is 0 Å². The van der Waals surface area contributed by atoms with Crippen LogP contribution in [0.25, 0.3) is 0 Å². The van der Waals surface area contributed by atoms with Crippen LogP contribution in [0.2, 0.25) is 0 Å². The highest BCUT2D eigenvalue weighted by Crippen LogP contribution is 2.34. The fourth-order valence-corrected chi connectivity index (χ4v) is 3.37. The molecule has 3 heteroatoms. The Morgan fingerprint density at radius 1 is 1.40 bits per heavy atom. The van der Waals surface area contributed by atoms with Crippen LogP contribution in [0.4, 0.5) is 0 Å². The summed E-state index contributed by atoms with van der Waals surface area (Å²) in [6, 6.07) is 0. The van der Waals surface area contributed by atoms with Crippen molar-refractivity contribution in [3.05, 3.63) is 11.8 Å². The molecule has 0 N–H and O–H groups in total. The Kier molecular flexibility index (Phi) is 4.84. The van der Waals surface area contributed by atoms with Gasteiger partial charge in [-0.3, -0.25) is 4.21 Å². The molecule has 1 saturated heterocycles. The third-order valence-corrected chi connectivity index (χ3v) is 4.33. The fraction of sp³-hybridized carbons (Fsp3) is 0.833. The van der Waals surface area contributed by atoms with E-state index in [0.29, 0.717) is 5.41 Å². The smallest absolute Gasteiger partial charge is 0.0878 e. The molecule has 0 saturated carbocycles. The van der Waals surface area contributed by atoms with Crippen LogP contribution < -0.4 is 0 Å². The molecule has 0 radical (unpaired) electrons. The normalized spacial score (nSPS) is 31.0. The van der Waals surface area contributed by atoms with Gasteiger partial charge < -0.3 is 4.74 Å². The van der Waals surface area contributed by atoms with E-state index in [4.69, 9.17) is 4.74 Å². The van der Waals surface area contributed by atoms with E-state index >= 15 is 0 Å². The SMILES string of the molecule is CC(C)=COCCC1(C)CCS(=O)CC1. The molecule has 1 aliphatic rings. The molecule has 0 atom stereocenters. The molecule has 1 fully saturated rings. The maximum atomic E-state index is 11.2. The lowest BCUT2D eigenvalue weighted by atomic mass is 9.81. The van der Waals surface area contributed by atoms with Gasteiger partial charge >= 0.3 is 0 Å². The number of rotatable bonds is 4. The molecule has 0 aromatic heterocycles. The molecule has 0 unspecified atom stereocenters. The van der Waals surface area contributed by atoms with Gasteiger partial charge in [-0.1, -0.05) is 6.92 Å². The second-order valence-electron chi connectivity index (χ2n) is 4.97. The quantitative estimate of drug-likeness (QED) is 0.548. The fourth-order valence-electron chi connectivity index (χ4n) is 1.73. The minimum absolute atomic E-state index is 0.351. The first-order chi connectivity index (χ1) is 7.02. The molecule has 88 valence electrons. The van der Waals surface area contributed by atoms with Crippen molar-refractivity contribution in [3.63, 3.8) is 0 Å². The van der Waals surface area contributed by atoms with Gasteiger partial charge in [-0.05, 0) is 44.1 Å². The summed E-state index contributed by atoms with van der Waals surface area (Å²) in [5.74, 6) is 1.75. The number of allylic oxidation sites excluding steroid dienone is 1. The van der Waals surface area contributed by atoms with E-state index < -0.39 is 10.8 Å². The van der Waals surface area contributed by atoms with Gasteiger partial charge in [-0.25, -0.2) is 0 Å². The number of hydrogen-bond acceptors (Lipinski definition) is 2.